The summed E-state index contributed by atoms with van der Waals surface area (Å²) < 4.78 is 25.3. The number of aryl methyl sites for hydroxylation is 1. The van der Waals surface area contributed by atoms with Crippen LogP contribution in [0.15, 0.2) is 19.9 Å². The number of nitrogens with zero attached hydrogens (tertiary/aromatic N) is 4. The van der Waals surface area contributed by atoms with Crippen molar-refractivity contribution in [1.82, 2.24) is 19.7 Å². The van der Waals surface area contributed by atoms with Crippen molar-refractivity contribution in [2.45, 2.75) is 20.6 Å². The molecule has 0 atom stereocenters. The molecule has 0 saturated carbocycles. The second-order valence-electron chi connectivity index (χ2n) is 3.41. The van der Waals surface area contributed by atoms with Gasteiger partial charge in [-0.1, -0.05) is 11.3 Å². The smallest absolute Gasteiger partial charge is 0.198 e. The Morgan fingerprint density at radius 1 is 1.41 bits per heavy atom. The van der Waals surface area contributed by atoms with Gasteiger partial charge in [-0.2, -0.15) is 0 Å². The lowest BCUT2D eigenvalue weighted by Crippen LogP contribution is -1.92. The van der Waals surface area contributed by atoms with Crippen LogP contribution < -0.4 is 0 Å². The molecule has 0 aliphatic rings. The quantitative estimate of drug-likeness (QED) is 0.843. The number of hydrogen-bond acceptors (Lipinski definition) is 7. The van der Waals surface area contributed by atoms with Gasteiger partial charge in [0, 0.05) is 13.3 Å². The van der Waals surface area contributed by atoms with Crippen molar-refractivity contribution >= 4 is 32.9 Å². The lowest BCUT2D eigenvalue weighted by molar-refractivity contribution is 0.603. The monoisotopic (exact) mass is 290 g/mol. The largest absolute Gasteiger partial charge is 0.309 e. The Balaban J connectivity index is 2.26. The van der Waals surface area contributed by atoms with Crippen molar-refractivity contribution in [3.05, 3.63) is 12.0 Å². The van der Waals surface area contributed by atoms with Crippen LogP contribution >= 0.6 is 23.1 Å². The van der Waals surface area contributed by atoms with Crippen LogP contribution in [0.1, 0.15) is 5.82 Å². The Labute approximate surface area is 107 Å². The first-order chi connectivity index (χ1) is 7.88. The lowest BCUT2D eigenvalue weighted by atomic mass is 10.7. The molecule has 0 aliphatic heterocycles. The fraction of sp³-hybridized carbons (Fsp3) is 0.375. The van der Waals surface area contributed by atoms with Crippen LogP contribution in [0, 0.1) is 6.92 Å². The molecule has 0 fully saturated rings. The maximum atomic E-state index is 11.3. The first kappa shape index (κ1) is 12.5. The van der Waals surface area contributed by atoms with Crippen molar-refractivity contribution in [3.63, 3.8) is 0 Å². The summed E-state index contributed by atoms with van der Waals surface area (Å²) >= 11 is 2.44. The molecule has 0 amide bonds. The minimum atomic E-state index is -3.18. The van der Waals surface area contributed by atoms with Crippen molar-refractivity contribution in [1.29, 1.82) is 0 Å². The first-order valence-corrected chi connectivity index (χ1v) is 8.10. The Morgan fingerprint density at radius 2 is 2.12 bits per heavy atom. The molecule has 0 aliphatic carbocycles. The topological polar surface area (TPSA) is 77.7 Å². The van der Waals surface area contributed by atoms with E-state index in [0.29, 0.717) is 9.50 Å². The minimum Gasteiger partial charge on any atom is -0.309 e. The van der Waals surface area contributed by atoms with Gasteiger partial charge in [0.2, 0.25) is 0 Å². The summed E-state index contributed by atoms with van der Waals surface area (Å²) in [7, 11) is -1.33. The second-order valence-corrected chi connectivity index (χ2v) is 7.90. The zero-order valence-corrected chi connectivity index (χ0v) is 11.9. The third-order valence-corrected chi connectivity index (χ3v) is 5.96. The molecule has 0 spiro atoms. The van der Waals surface area contributed by atoms with Crippen molar-refractivity contribution in [3.8, 4) is 0 Å². The van der Waals surface area contributed by atoms with Gasteiger partial charge in [-0.05, 0) is 18.7 Å². The van der Waals surface area contributed by atoms with E-state index < -0.39 is 9.84 Å². The van der Waals surface area contributed by atoms with E-state index in [0.717, 1.165) is 17.2 Å². The molecule has 0 N–H and O–H groups in total. The van der Waals surface area contributed by atoms with E-state index in [1.54, 1.807) is 0 Å². The van der Waals surface area contributed by atoms with Crippen molar-refractivity contribution in [2.75, 3.05) is 6.26 Å². The first-order valence-electron chi connectivity index (χ1n) is 4.57. The van der Waals surface area contributed by atoms with E-state index in [1.807, 2.05) is 18.5 Å². The summed E-state index contributed by atoms with van der Waals surface area (Å²) in [4.78, 5) is 4.05. The predicted molar refractivity (Wildman–Crippen MR) is 65.1 cm³/mol. The molecule has 0 aromatic carbocycles. The highest BCUT2D eigenvalue weighted by Gasteiger charge is 2.15. The molecule has 2 aromatic rings. The van der Waals surface area contributed by atoms with Crippen LogP contribution in [-0.2, 0) is 16.9 Å². The fourth-order valence-electron chi connectivity index (χ4n) is 1.02. The van der Waals surface area contributed by atoms with Crippen LogP contribution in [0.4, 0.5) is 0 Å². The van der Waals surface area contributed by atoms with E-state index in [1.165, 1.54) is 24.2 Å². The van der Waals surface area contributed by atoms with Gasteiger partial charge in [-0.15, -0.1) is 10.2 Å². The van der Waals surface area contributed by atoms with E-state index in [4.69, 9.17) is 0 Å². The fourth-order valence-corrected chi connectivity index (χ4v) is 3.92. The van der Waals surface area contributed by atoms with Gasteiger partial charge in [0.15, 0.2) is 19.3 Å². The third-order valence-electron chi connectivity index (χ3n) is 2.06. The molecule has 0 bridgehead atoms. The number of thiazole rings is 1. The Morgan fingerprint density at radius 3 is 2.59 bits per heavy atom. The third kappa shape index (κ3) is 2.67. The Kier molecular flexibility index (Phi) is 3.23. The van der Waals surface area contributed by atoms with Gasteiger partial charge >= 0.3 is 0 Å². The molecule has 92 valence electrons. The average molecular weight is 290 g/mol. The van der Waals surface area contributed by atoms with Crippen LogP contribution in [0.3, 0.4) is 0 Å². The summed E-state index contributed by atoms with van der Waals surface area (Å²) in [5.41, 5.74) is 0. The highest BCUT2D eigenvalue weighted by atomic mass is 32.2. The van der Waals surface area contributed by atoms with E-state index >= 15 is 0 Å². The molecule has 0 radical (unpaired) electrons. The van der Waals surface area contributed by atoms with Crippen LogP contribution in [0.5, 0.6) is 0 Å². The number of aromatic nitrogens is 4. The van der Waals surface area contributed by atoms with Crippen molar-refractivity contribution < 1.29 is 8.42 Å². The van der Waals surface area contributed by atoms with Gasteiger partial charge in [0.05, 0.1) is 6.20 Å². The Bertz CT molecular complexity index is 644. The zero-order valence-electron chi connectivity index (χ0n) is 9.41. The Hall–Kier alpha value is -0.930. The van der Waals surface area contributed by atoms with Gasteiger partial charge in [-0.3, -0.25) is 0 Å². The zero-order chi connectivity index (χ0) is 12.6. The summed E-state index contributed by atoms with van der Waals surface area (Å²) in [5.74, 6) is 0.799. The normalized spacial score (nSPS) is 11.9. The average Bonchev–Trinajstić information content (AvgIpc) is 2.80. The molecule has 0 saturated heterocycles. The van der Waals surface area contributed by atoms with E-state index in [-0.39, 0.29) is 4.21 Å². The van der Waals surface area contributed by atoms with Gasteiger partial charge in [0.1, 0.15) is 10.0 Å². The lowest BCUT2D eigenvalue weighted by Gasteiger charge is -1.97. The summed E-state index contributed by atoms with van der Waals surface area (Å²) in [6.45, 7) is 1.85. The molecule has 2 rings (SSSR count). The standard InChI is InChI=1S/C8H10N4O2S3/c1-5-10-11-7(12(5)2)16-8-9-4-6(15-8)17(3,13)14/h4H,1-3H3. The molecular weight excluding hydrogens is 280 g/mol. The van der Waals surface area contributed by atoms with Gasteiger partial charge in [0.25, 0.3) is 0 Å². The van der Waals surface area contributed by atoms with E-state index in [2.05, 4.69) is 15.2 Å². The number of sulfone groups is 1. The van der Waals surface area contributed by atoms with Crippen LogP contribution in [0.2, 0.25) is 0 Å². The summed E-state index contributed by atoms with van der Waals surface area (Å²) in [6.07, 6.45) is 2.53. The minimum absolute atomic E-state index is 0.263. The summed E-state index contributed by atoms with van der Waals surface area (Å²) in [6, 6.07) is 0. The van der Waals surface area contributed by atoms with Crippen LogP contribution in [0.25, 0.3) is 0 Å². The molecule has 6 nitrogen and oxygen atoms in total. The van der Waals surface area contributed by atoms with Crippen LogP contribution in [-0.4, -0.2) is 34.4 Å². The maximum Gasteiger partial charge on any atom is 0.198 e. The highest BCUT2D eigenvalue weighted by molar-refractivity contribution is 8.01. The maximum absolute atomic E-state index is 11.3. The van der Waals surface area contributed by atoms with Crippen molar-refractivity contribution in [2.24, 2.45) is 7.05 Å². The molecule has 2 aromatic heterocycles. The van der Waals surface area contributed by atoms with Gasteiger partial charge < -0.3 is 4.57 Å². The molecule has 0 unspecified atom stereocenters. The highest BCUT2D eigenvalue weighted by Crippen LogP contribution is 2.31. The molecule has 9 heteroatoms. The molecular formula is C8H10N4O2S3. The molecule has 17 heavy (non-hydrogen) atoms. The molecule has 2 heterocycles. The predicted octanol–water partition coefficient (Wildman–Crippen LogP) is 1.13. The number of rotatable bonds is 3. The second kappa shape index (κ2) is 4.39. The van der Waals surface area contributed by atoms with Gasteiger partial charge in [-0.25, -0.2) is 13.4 Å². The number of hydrogen-bond donors (Lipinski definition) is 0. The SMILES string of the molecule is Cc1nnc(Sc2ncc(S(C)(=O)=O)s2)n1C. The van der Waals surface area contributed by atoms with E-state index in [9.17, 15) is 8.42 Å². The summed E-state index contributed by atoms with van der Waals surface area (Å²) in [5, 5.41) is 8.59.